The summed E-state index contributed by atoms with van der Waals surface area (Å²) in [7, 11) is 0. The number of rotatable bonds is 4. The van der Waals surface area contributed by atoms with Crippen LogP contribution in [0.5, 0.6) is 0 Å². The van der Waals surface area contributed by atoms with E-state index in [-0.39, 0.29) is 11.4 Å². The van der Waals surface area contributed by atoms with E-state index in [0.29, 0.717) is 16.3 Å². The van der Waals surface area contributed by atoms with Crippen molar-refractivity contribution in [1.29, 1.82) is 0 Å². The first-order valence-electron chi connectivity index (χ1n) is 10.5. The van der Waals surface area contributed by atoms with Crippen molar-refractivity contribution in [2.75, 3.05) is 10.2 Å². The fourth-order valence-electron chi connectivity index (χ4n) is 4.78. The molecule has 0 bridgehead atoms. The summed E-state index contributed by atoms with van der Waals surface area (Å²) in [6.45, 7) is 1.66. The monoisotopic (exact) mass is 479 g/mol. The minimum Gasteiger partial charge on any atom is -0.324 e. The minimum absolute atomic E-state index is 0.144. The lowest BCUT2D eigenvalue weighted by Crippen LogP contribution is -2.47. The predicted octanol–water partition coefficient (Wildman–Crippen LogP) is 2.91. The van der Waals surface area contributed by atoms with Gasteiger partial charge in [-0.2, -0.15) is 5.10 Å². The van der Waals surface area contributed by atoms with E-state index in [2.05, 4.69) is 10.4 Å². The van der Waals surface area contributed by atoms with Crippen LogP contribution >= 0.6 is 11.6 Å². The molecular weight excluding hydrogens is 462 g/mol. The molecule has 2 fully saturated rings. The lowest BCUT2D eigenvalue weighted by molar-refractivity contribution is -0.384. The Kier molecular flexibility index (Phi) is 5.17. The third-order valence-electron chi connectivity index (χ3n) is 6.32. The zero-order chi connectivity index (χ0) is 24.1. The third-order valence-corrected chi connectivity index (χ3v) is 6.57. The quantitative estimate of drug-likeness (QED) is 0.408. The SMILES string of the molecule is Cc1ccc([N+](=O)[O-])cc1N1C(=O)[C@@H]2[C@@H](C1=O)[C@@H](C(=O)Nc1ccc(Cl)cc1)N1N=CC=C[C@H]21. The van der Waals surface area contributed by atoms with Gasteiger partial charge in [0.05, 0.1) is 28.5 Å². The highest BCUT2D eigenvalue weighted by atomic mass is 35.5. The largest absolute Gasteiger partial charge is 0.324 e. The Balaban J connectivity index is 1.53. The first-order valence-corrected chi connectivity index (χ1v) is 10.8. The van der Waals surface area contributed by atoms with Crippen molar-refractivity contribution in [3.05, 3.63) is 75.3 Å². The van der Waals surface area contributed by atoms with Gasteiger partial charge in [0, 0.05) is 29.1 Å². The zero-order valence-corrected chi connectivity index (χ0v) is 18.5. The Morgan fingerprint density at radius 2 is 1.82 bits per heavy atom. The second-order valence-corrected chi connectivity index (χ2v) is 8.69. The number of carbonyl (C=O) groups excluding carboxylic acids is 3. The number of benzene rings is 2. The number of nitro benzene ring substituents is 1. The van der Waals surface area contributed by atoms with Gasteiger partial charge >= 0.3 is 0 Å². The minimum atomic E-state index is -1.05. The van der Waals surface area contributed by atoms with Gasteiger partial charge in [0.2, 0.25) is 17.7 Å². The van der Waals surface area contributed by atoms with Gasteiger partial charge in [-0.25, -0.2) is 4.90 Å². The molecule has 11 heteroatoms. The van der Waals surface area contributed by atoms with Gasteiger partial charge in [0.1, 0.15) is 6.04 Å². The molecule has 3 amide bonds. The van der Waals surface area contributed by atoms with E-state index >= 15 is 0 Å². The average molecular weight is 480 g/mol. The molecule has 172 valence electrons. The van der Waals surface area contributed by atoms with Crippen LogP contribution in [0.15, 0.2) is 59.7 Å². The molecule has 3 aliphatic rings. The molecule has 10 nitrogen and oxygen atoms in total. The molecule has 3 aliphatic heterocycles. The van der Waals surface area contributed by atoms with Gasteiger partial charge in [0.25, 0.3) is 5.69 Å². The molecule has 0 radical (unpaired) electrons. The van der Waals surface area contributed by atoms with Crippen molar-refractivity contribution in [3.8, 4) is 0 Å². The Labute approximate surface area is 198 Å². The van der Waals surface area contributed by atoms with Crippen LogP contribution in [-0.2, 0) is 14.4 Å². The van der Waals surface area contributed by atoms with Crippen molar-refractivity contribution in [3.63, 3.8) is 0 Å². The van der Waals surface area contributed by atoms with Crippen molar-refractivity contribution < 1.29 is 19.3 Å². The summed E-state index contributed by atoms with van der Waals surface area (Å²) in [6.07, 6.45) is 4.89. The summed E-state index contributed by atoms with van der Waals surface area (Å²) >= 11 is 5.91. The number of carbonyl (C=O) groups is 3. The number of nitrogens with one attached hydrogen (secondary N) is 1. The Hall–Kier alpha value is -4.05. The molecule has 2 aromatic rings. The molecule has 0 aliphatic carbocycles. The van der Waals surface area contributed by atoms with E-state index in [9.17, 15) is 24.5 Å². The Morgan fingerprint density at radius 1 is 1.12 bits per heavy atom. The maximum atomic E-state index is 13.6. The number of nitro groups is 1. The molecule has 5 rings (SSSR count). The van der Waals surface area contributed by atoms with Gasteiger partial charge in [-0.15, -0.1) is 0 Å². The molecular formula is C23H18ClN5O5. The lowest BCUT2D eigenvalue weighted by atomic mass is 9.88. The molecule has 34 heavy (non-hydrogen) atoms. The summed E-state index contributed by atoms with van der Waals surface area (Å²) in [5, 5.41) is 20.3. The van der Waals surface area contributed by atoms with E-state index in [0.717, 1.165) is 4.90 Å². The summed E-state index contributed by atoms with van der Waals surface area (Å²) in [5.41, 5.74) is 0.918. The van der Waals surface area contributed by atoms with Gasteiger partial charge in [0.15, 0.2) is 0 Å². The van der Waals surface area contributed by atoms with Gasteiger partial charge in [-0.1, -0.05) is 23.7 Å². The van der Waals surface area contributed by atoms with E-state index < -0.39 is 46.6 Å². The first kappa shape index (κ1) is 21.8. The number of hydrogen-bond acceptors (Lipinski definition) is 7. The van der Waals surface area contributed by atoms with Crippen LogP contribution < -0.4 is 10.2 Å². The van der Waals surface area contributed by atoms with E-state index in [1.807, 2.05) is 0 Å². The highest BCUT2D eigenvalue weighted by Crippen LogP contribution is 2.46. The lowest BCUT2D eigenvalue weighted by Gasteiger charge is -2.30. The average Bonchev–Trinajstić information content (AvgIpc) is 3.28. The van der Waals surface area contributed by atoms with Crippen LogP contribution in [-0.4, -0.2) is 46.0 Å². The number of hydrogen-bond donors (Lipinski definition) is 1. The first-order chi connectivity index (χ1) is 16.3. The van der Waals surface area contributed by atoms with Crippen LogP contribution in [0.4, 0.5) is 17.1 Å². The maximum absolute atomic E-state index is 13.6. The molecule has 2 aromatic carbocycles. The number of amides is 3. The second kappa shape index (κ2) is 8.07. The van der Waals surface area contributed by atoms with Crippen LogP contribution in [0, 0.1) is 28.9 Å². The van der Waals surface area contributed by atoms with Crippen molar-refractivity contribution in [2.24, 2.45) is 16.9 Å². The van der Waals surface area contributed by atoms with Gasteiger partial charge in [-0.3, -0.25) is 29.5 Å². The van der Waals surface area contributed by atoms with Gasteiger partial charge < -0.3 is 5.32 Å². The van der Waals surface area contributed by atoms with E-state index in [1.165, 1.54) is 29.4 Å². The number of allylic oxidation sites excluding steroid dienone is 1. The number of anilines is 2. The molecule has 3 heterocycles. The summed E-state index contributed by atoms with van der Waals surface area (Å²) in [5.74, 6) is -3.47. The topological polar surface area (TPSA) is 125 Å². The van der Waals surface area contributed by atoms with Crippen LogP contribution in [0.1, 0.15) is 5.56 Å². The van der Waals surface area contributed by atoms with E-state index in [4.69, 9.17) is 11.6 Å². The predicted molar refractivity (Wildman–Crippen MR) is 124 cm³/mol. The molecule has 1 N–H and O–H groups in total. The number of halogens is 1. The van der Waals surface area contributed by atoms with Crippen LogP contribution in [0.3, 0.4) is 0 Å². The molecule has 2 saturated heterocycles. The normalized spacial score (nSPS) is 24.9. The molecule has 0 spiro atoms. The van der Waals surface area contributed by atoms with Crippen molar-refractivity contribution in [2.45, 2.75) is 19.0 Å². The summed E-state index contributed by atoms with van der Waals surface area (Å²) in [4.78, 5) is 52.2. The fourth-order valence-corrected chi connectivity index (χ4v) is 4.90. The number of hydrazone groups is 1. The summed E-state index contributed by atoms with van der Waals surface area (Å²) in [6, 6.07) is 8.86. The smallest absolute Gasteiger partial charge is 0.271 e. The third kappa shape index (κ3) is 3.34. The van der Waals surface area contributed by atoms with Crippen LogP contribution in [0.25, 0.3) is 0 Å². The fraction of sp³-hybridized carbons (Fsp3) is 0.217. The maximum Gasteiger partial charge on any atom is 0.271 e. The van der Waals surface area contributed by atoms with Crippen molar-refractivity contribution in [1.82, 2.24) is 5.01 Å². The number of aryl methyl sites for hydroxylation is 1. The molecule has 0 unspecified atom stereocenters. The van der Waals surface area contributed by atoms with Crippen molar-refractivity contribution >= 4 is 52.6 Å². The molecule has 0 saturated carbocycles. The standard InChI is InChI=1S/C23H18ClN5O5/c1-12-4-9-15(29(33)34)11-17(12)27-22(31)18-16-3-2-10-25-28(16)20(19(18)23(27)32)21(30)26-14-7-5-13(24)6-8-14/h2-11,16,18-20H,1H3,(H,26,30)/t16-,18+,19-,20+/m1/s1. The highest BCUT2D eigenvalue weighted by molar-refractivity contribution is 6.30. The van der Waals surface area contributed by atoms with Gasteiger partial charge in [-0.05, 0) is 42.8 Å². The number of fused-ring (bicyclic) bond motifs is 3. The highest BCUT2D eigenvalue weighted by Gasteiger charge is 2.64. The summed E-state index contributed by atoms with van der Waals surface area (Å²) < 4.78 is 0. The zero-order valence-electron chi connectivity index (χ0n) is 17.8. The molecule has 0 aromatic heterocycles. The Bertz CT molecular complexity index is 1290. The number of nitrogens with zero attached hydrogens (tertiary/aromatic N) is 4. The number of non-ortho nitro benzene ring substituents is 1. The van der Waals surface area contributed by atoms with Crippen LogP contribution in [0.2, 0.25) is 5.02 Å². The Morgan fingerprint density at radius 3 is 2.53 bits per heavy atom. The van der Waals surface area contributed by atoms with E-state index in [1.54, 1.807) is 43.3 Å². The second-order valence-electron chi connectivity index (χ2n) is 8.25. The molecule has 4 atom stereocenters. The number of imide groups is 1.